The normalized spacial score (nSPS) is 14.1. The summed E-state index contributed by atoms with van der Waals surface area (Å²) >= 11 is 0. The van der Waals surface area contributed by atoms with Crippen molar-refractivity contribution in [2.45, 2.75) is 33.2 Å². The molecule has 1 saturated carbocycles. The average Bonchev–Trinajstić information content (AvgIpc) is 3.26. The number of nitrogens with one attached hydrogen (secondary N) is 2. The number of rotatable bonds is 8. The molecule has 1 aliphatic rings. The molecule has 4 heteroatoms. The lowest BCUT2D eigenvalue weighted by atomic mass is 10.1. The van der Waals surface area contributed by atoms with Crippen LogP contribution in [0.25, 0.3) is 0 Å². The Kier molecular flexibility index (Phi) is 5.41. The van der Waals surface area contributed by atoms with Crippen molar-refractivity contribution in [1.29, 1.82) is 0 Å². The Morgan fingerprint density at radius 1 is 1.40 bits per heavy atom. The molecule has 110 valence electrons. The maximum absolute atomic E-state index is 11.7. The van der Waals surface area contributed by atoms with Gasteiger partial charge in [0, 0.05) is 18.7 Å². The number of carbonyl (C=O) groups is 1. The molecular weight excluding hydrogens is 252 g/mol. The second-order valence-corrected chi connectivity index (χ2v) is 5.38. The first-order chi connectivity index (χ1) is 9.70. The van der Waals surface area contributed by atoms with Gasteiger partial charge in [0.1, 0.15) is 5.75 Å². The Labute approximate surface area is 120 Å². The minimum absolute atomic E-state index is 0.0328. The van der Waals surface area contributed by atoms with Crippen LogP contribution >= 0.6 is 0 Å². The molecule has 1 amide bonds. The summed E-state index contributed by atoms with van der Waals surface area (Å²) < 4.78 is 5.73. The van der Waals surface area contributed by atoms with E-state index in [1.54, 1.807) is 0 Å². The predicted octanol–water partition coefficient (Wildman–Crippen LogP) is 2.01. The molecule has 2 rings (SSSR count). The third-order valence-electron chi connectivity index (χ3n) is 3.49. The summed E-state index contributed by atoms with van der Waals surface area (Å²) in [6.07, 6.45) is 2.48. The van der Waals surface area contributed by atoms with E-state index in [1.807, 2.05) is 25.1 Å². The van der Waals surface area contributed by atoms with Gasteiger partial charge in [-0.05, 0) is 37.8 Å². The molecule has 0 unspecified atom stereocenters. The number of hydrogen-bond donors (Lipinski definition) is 2. The molecule has 1 fully saturated rings. The van der Waals surface area contributed by atoms with E-state index in [-0.39, 0.29) is 12.5 Å². The highest BCUT2D eigenvalue weighted by molar-refractivity contribution is 5.77. The summed E-state index contributed by atoms with van der Waals surface area (Å²) in [6.45, 7) is 6.64. The summed E-state index contributed by atoms with van der Waals surface area (Å²) in [7, 11) is 0. The molecule has 1 aromatic carbocycles. The molecule has 0 spiro atoms. The lowest BCUT2D eigenvalue weighted by Crippen LogP contribution is -2.30. The van der Waals surface area contributed by atoms with Crippen LogP contribution in [0.4, 0.5) is 0 Å². The molecule has 1 aromatic rings. The number of para-hydroxylation sites is 1. The van der Waals surface area contributed by atoms with Crippen molar-refractivity contribution < 1.29 is 9.53 Å². The monoisotopic (exact) mass is 276 g/mol. The van der Waals surface area contributed by atoms with Crippen molar-refractivity contribution in [3.8, 4) is 5.75 Å². The van der Waals surface area contributed by atoms with E-state index in [0.717, 1.165) is 36.5 Å². The van der Waals surface area contributed by atoms with Gasteiger partial charge in [-0.15, -0.1) is 0 Å². The van der Waals surface area contributed by atoms with Crippen LogP contribution in [0, 0.1) is 12.8 Å². The second-order valence-electron chi connectivity index (χ2n) is 5.38. The SMILES string of the molecule is CCNCc1cccc(C)c1OCC(=O)NCC1CC1. The Morgan fingerprint density at radius 3 is 2.90 bits per heavy atom. The smallest absolute Gasteiger partial charge is 0.257 e. The largest absolute Gasteiger partial charge is 0.483 e. The van der Waals surface area contributed by atoms with E-state index in [2.05, 4.69) is 17.6 Å². The van der Waals surface area contributed by atoms with Crippen LogP contribution in [0.2, 0.25) is 0 Å². The molecule has 0 saturated heterocycles. The molecule has 2 N–H and O–H groups in total. The number of ether oxygens (including phenoxy) is 1. The van der Waals surface area contributed by atoms with Crippen molar-refractivity contribution in [3.63, 3.8) is 0 Å². The maximum atomic E-state index is 11.7. The molecule has 0 heterocycles. The van der Waals surface area contributed by atoms with E-state index in [1.165, 1.54) is 12.8 Å². The van der Waals surface area contributed by atoms with E-state index in [0.29, 0.717) is 5.92 Å². The highest BCUT2D eigenvalue weighted by Crippen LogP contribution is 2.27. The summed E-state index contributed by atoms with van der Waals surface area (Å²) in [4.78, 5) is 11.7. The van der Waals surface area contributed by atoms with Gasteiger partial charge >= 0.3 is 0 Å². The highest BCUT2D eigenvalue weighted by atomic mass is 16.5. The average molecular weight is 276 g/mol. The van der Waals surface area contributed by atoms with Crippen molar-refractivity contribution in [1.82, 2.24) is 10.6 Å². The van der Waals surface area contributed by atoms with Crippen molar-refractivity contribution in [2.75, 3.05) is 19.7 Å². The molecule has 20 heavy (non-hydrogen) atoms. The second kappa shape index (κ2) is 7.29. The number of aryl methyl sites for hydroxylation is 1. The van der Waals surface area contributed by atoms with Crippen LogP contribution in [0.3, 0.4) is 0 Å². The molecular formula is C16H24N2O2. The zero-order valence-electron chi connectivity index (χ0n) is 12.4. The van der Waals surface area contributed by atoms with Gasteiger partial charge in [0.15, 0.2) is 6.61 Å². The van der Waals surface area contributed by atoms with E-state index < -0.39 is 0 Å². The Bertz CT molecular complexity index is 456. The van der Waals surface area contributed by atoms with Gasteiger partial charge < -0.3 is 15.4 Å². The van der Waals surface area contributed by atoms with Gasteiger partial charge in [0.05, 0.1) is 0 Å². The molecule has 0 radical (unpaired) electrons. The molecule has 0 aliphatic heterocycles. The zero-order valence-corrected chi connectivity index (χ0v) is 12.4. The molecule has 0 aromatic heterocycles. The van der Waals surface area contributed by atoms with Crippen molar-refractivity contribution in [2.24, 2.45) is 5.92 Å². The van der Waals surface area contributed by atoms with E-state index in [4.69, 9.17) is 4.74 Å². The van der Waals surface area contributed by atoms with Crippen LogP contribution in [0.5, 0.6) is 5.75 Å². The first-order valence-electron chi connectivity index (χ1n) is 7.39. The zero-order chi connectivity index (χ0) is 14.4. The fourth-order valence-electron chi connectivity index (χ4n) is 2.09. The number of carbonyl (C=O) groups excluding carboxylic acids is 1. The van der Waals surface area contributed by atoms with Gasteiger partial charge in [-0.3, -0.25) is 4.79 Å². The van der Waals surface area contributed by atoms with Crippen molar-refractivity contribution >= 4 is 5.91 Å². The van der Waals surface area contributed by atoms with Crippen LogP contribution in [-0.2, 0) is 11.3 Å². The third kappa shape index (κ3) is 4.53. The lowest BCUT2D eigenvalue weighted by molar-refractivity contribution is -0.123. The van der Waals surface area contributed by atoms with Gasteiger partial charge in [-0.2, -0.15) is 0 Å². The van der Waals surface area contributed by atoms with Crippen molar-refractivity contribution in [3.05, 3.63) is 29.3 Å². The van der Waals surface area contributed by atoms with Gasteiger partial charge in [0.25, 0.3) is 5.91 Å². The maximum Gasteiger partial charge on any atom is 0.257 e. The van der Waals surface area contributed by atoms with Crippen LogP contribution < -0.4 is 15.4 Å². The fourth-order valence-corrected chi connectivity index (χ4v) is 2.09. The summed E-state index contributed by atoms with van der Waals surface area (Å²) in [5.74, 6) is 1.49. The quantitative estimate of drug-likeness (QED) is 0.763. The Hall–Kier alpha value is -1.55. The number of benzene rings is 1. The topological polar surface area (TPSA) is 50.4 Å². The number of amides is 1. The third-order valence-corrected chi connectivity index (χ3v) is 3.49. The Morgan fingerprint density at radius 2 is 2.20 bits per heavy atom. The van der Waals surface area contributed by atoms with Crippen LogP contribution in [0.1, 0.15) is 30.9 Å². The predicted molar refractivity (Wildman–Crippen MR) is 79.8 cm³/mol. The molecule has 4 nitrogen and oxygen atoms in total. The fraction of sp³-hybridized carbons (Fsp3) is 0.562. The van der Waals surface area contributed by atoms with Crippen LogP contribution in [-0.4, -0.2) is 25.6 Å². The standard InChI is InChI=1S/C16H24N2O2/c1-3-17-10-14-6-4-5-12(2)16(14)20-11-15(19)18-9-13-7-8-13/h4-6,13,17H,3,7-11H2,1-2H3,(H,18,19). The van der Waals surface area contributed by atoms with Gasteiger partial charge in [0.2, 0.25) is 0 Å². The van der Waals surface area contributed by atoms with Gasteiger partial charge in [-0.25, -0.2) is 0 Å². The summed E-state index contributed by atoms with van der Waals surface area (Å²) in [5, 5.41) is 6.20. The first kappa shape index (κ1) is 14.9. The van der Waals surface area contributed by atoms with Crippen LogP contribution in [0.15, 0.2) is 18.2 Å². The Balaban J connectivity index is 1.87. The first-order valence-corrected chi connectivity index (χ1v) is 7.39. The highest BCUT2D eigenvalue weighted by Gasteiger charge is 2.21. The number of hydrogen-bond acceptors (Lipinski definition) is 3. The molecule has 1 aliphatic carbocycles. The van der Waals surface area contributed by atoms with E-state index >= 15 is 0 Å². The minimum Gasteiger partial charge on any atom is -0.483 e. The molecule has 0 bridgehead atoms. The summed E-state index contributed by atoms with van der Waals surface area (Å²) in [6, 6.07) is 6.06. The minimum atomic E-state index is -0.0328. The summed E-state index contributed by atoms with van der Waals surface area (Å²) in [5.41, 5.74) is 2.16. The van der Waals surface area contributed by atoms with E-state index in [9.17, 15) is 4.79 Å². The lowest BCUT2D eigenvalue weighted by Gasteiger charge is -2.14. The molecule has 0 atom stereocenters. The van der Waals surface area contributed by atoms with Gasteiger partial charge in [-0.1, -0.05) is 25.1 Å².